The van der Waals surface area contributed by atoms with Crippen LogP contribution in [0.5, 0.6) is 5.75 Å². The zero-order valence-corrected chi connectivity index (χ0v) is 10.9. The van der Waals surface area contributed by atoms with E-state index in [2.05, 4.69) is 15.9 Å². The van der Waals surface area contributed by atoms with E-state index in [1.165, 1.54) is 19.3 Å². The van der Waals surface area contributed by atoms with Gasteiger partial charge in [0.05, 0.1) is 5.56 Å². The molecule has 0 unspecified atom stereocenters. The minimum absolute atomic E-state index is 0.0676. The first-order chi connectivity index (χ1) is 7.77. The van der Waals surface area contributed by atoms with Crippen molar-refractivity contribution in [3.63, 3.8) is 0 Å². The number of aryl methyl sites for hydroxylation is 1. The molecule has 0 saturated carbocycles. The van der Waals surface area contributed by atoms with Crippen molar-refractivity contribution in [1.29, 1.82) is 0 Å². The van der Waals surface area contributed by atoms with Crippen molar-refractivity contribution in [1.82, 2.24) is 0 Å². The Morgan fingerprint density at radius 1 is 1.19 bits per heavy atom. The minimum atomic E-state index is 0.0676. The van der Waals surface area contributed by atoms with Crippen molar-refractivity contribution in [2.45, 2.75) is 32.1 Å². The minimum Gasteiger partial charge on any atom is -0.507 e. The monoisotopic (exact) mass is 284 g/mol. The highest BCUT2D eigenvalue weighted by Crippen LogP contribution is 2.18. The van der Waals surface area contributed by atoms with Gasteiger partial charge in [-0.1, -0.05) is 34.8 Å². The number of phenolic OH excluding ortho intramolecular Hbond substituents is 1. The third kappa shape index (κ3) is 4.35. The lowest BCUT2D eigenvalue weighted by molar-refractivity contribution is 0.112. The molecule has 2 nitrogen and oxygen atoms in total. The van der Waals surface area contributed by atoms with E-state index >= 15 is 0 Å². The van der Waals surface area contributed by atoms with Gasteiger partial charge in [0.15, 0.2) is 6.29 Å². The summed E-state index contributed by atoms with van der Waals surface area (Å²) >= 11 is 3.41. The summed E-state index contributed by atoms with van der Waals surface area (Å²) in [6.45, 7) is 0. The third-order valence-electron chi connectivity index (χ3n) is 2.57. The van der Waals surface area contributed by atoms with Crippen LogP contribution in [0.15, 0.2) is 18.2 Å². The molecule has 1 rings (SSSR count). The zero-order chi connectivity index (χ0) is 11.8. The van der Waals surface area contributed by atoms with Gasteiger partial charge in [-0.25, -0.2) is 0 Å². The molecule has 88 valence electrons. The van der Waals surface area contributed by atoms with Crippen LogP contribution >= 0.6 is 15.9 Å². The van der Waals surface area contributed by atoms with Crippen molar-refractivity contribution in [3.05, 3.63) is 29.3 Å². The number of aromatic hydroxyl groups is 1. The summed E-state index contributed by atoms with van der Waals surface area (Å²) in [4.78, 5) is 10.6. The molecule has 0 spiro atoms. The van der Waals surface area contributed by atoms with E-state index in [1.54, 1.807) is 12.1 Å². The van der Waals surface area contributed by atoms with E-state index < -0.39 is 0 Å². The summed E-state index contributed by atoms with van der Waals surface area (Å²) in [6, 6.07) is 5.25. The number of carbonyl (C=O) groups excluding carboxylic acids is 1. The number of carbonyl (C=O) groups is 1. The number of hydrogen-bond donors (Lipinski definition) is 1. The van der Waals surface area contributed by atoms with Crippen LogP contribution in [-0.4, -0.2) is 16.7 Å². The Balaban J connectivity index is 2.39. The van der Waals surface area contributed by atoms with Gasteiger partial charge in [-0.3, -0.25) is 4.79 Å². The average molecular weight is 285 g/mol. The number of rotatable bonds is 7. The lowest BCUT2D eigenvalue weighted by Crippen LogP contribution is -1.89. The molecule has 0 atom stereocenters. The summed E-state index contributed by atoms with van der Waals surface area (Å²) in [7, 11) is 0. The first-order valence-electron chi connectivity index (χ1n) is 5.61. The fourth-order valence-electron chi connectivity index (χ4n) is 1.63. The predicted octanol–water partition coefficient (Wildman–Crippen LogP) is 3.70. The Labute approximate surface area is 105 Å². The summed E-state index contributed by atoms with van der Waals surface area (Å²) in [5, 5.41) is 10.4. The fourth-order valence-corrected chi connectivity index (χ4v) is 2.03. The van der Waals surface area contributed by atoms with Gasteiger partial charge in [-0.05, 0) is 37.0 Å². The van der Waals surface area contributed by atoms with E-state index in [-0.39, 0.29) is 5.75 Å². The molecule has 0 fully saturated rings. The number of benzene rings is 1. The molecule has 0 aliphatic heterocycles. The quantitative estimate of drug-likeness (QED) is 0.471. The zero-order valence-electron chi connectivity index (χ0n) is 9.29. The molecule has 0 radical (unpaired) electrons. The normalized spacial score (nSPS) is 10.3. The summed E-state index contributed by atoms with van der Waals surface area (Å²) < 4.78 is 0. The second-order valence-corrected chi connectivity index (χ2v) is 4.66. The smallest absolute Gasteiger partial charge is 0.153 e. The highest BCUT2D eigenvalue weighted by molar-refractivity contribution is 9.09. The van der Waals surface area contributed by atoms with Gasteiger partial charge >= 0.3 is 0 Å². The predicted molar refractivity (Wildman–Crippen MR) is 69.5 cm³/mol. The van der Waals surface area contributed by atoms with Crippen molar-refractivity contribution >= 4 is 22.2 Å². The van der Waals surface area contributed by atoms with Crippen molar-refractivity contribution in [2.24, 2.45) is 0 Å². The Morgan fingerprint density at radius 3 is 2.62 bits per heavy atom. The Kier molecular flexibility index (Phi) is 6.16. The number of phenols is 1. The van der Waals surface area contributed by atoms with Crippen LogP contribution in [0.25, 0.3) is 0 Å². The molecule has 0 heterocycles. The van der Waals surface area contributed by atoms with E-state index in [1.807, 2.05) is 6.07 Å². The summed E-state index contributed by atoms with van der Waals surface area (Å²) in [5.74, 6) is 0.0676. The Morgan fingerprint density at radius 2 is 1.94 bits per heavy atom. The lowest BCUT2D eigenvalue weighted by Gasteiger charge is -2.03. The maximum atomic E-state index is 10.6. The molecule has 0 amide bonds. The van der Waals surface area contributed by atoms with E-state index in [4.69, 9.17) is 0 Å². The molecule has 1 N–H and O–H groups in total. The molecule has 0 saturated heterocycles. The van der Waals surface area contributed by atoms with Crippen LogP contribution in [0.4, 0.5) is 0 Å². The topological polar surface area (TPSA) is 37.3 Å². The van der Waals surface area contributed by atoms with E-state index in [0.717, 1.165) is 23.7 Å². The first-order valence-corrected chi connectivity index (χ1v) is 6.73. The number of alkyl halides is 1. The van der Waals surface area contributed by atoms with Gasteiger partial charge in [0.1, 0.15) is 5.75 Å². The van der Waals surface area contributed by atoms with Gasteiger partial charge in [0.25, 0.3) is 0 Å². The Bertz CT molecular complexity index is 337. The maximum Gasteiger partial charge on any atom is 0.153 e. The number of hydrogen-bond acceptors (Lipinski definition) is 2. The summed E-state index contributed by atoms with van der Waals surface area (Å²) in [5.41, 5.74) is 1.51. The van der Waals surface area contributed by atoms with Gasteiger partial charge < -0.3 is 5.11 Å². The molecule has 1 aromatic rings. The highest BCUT2D eigenvalue weighted by atomic mass is 79.9. The van der Waals surface area contributed by atoms with E-state index in [9.17, 15) is 9.90 Å². The van der Waals surface area contributed by atoms with Crippen LogP contribution in [0.3, 0.4) is 0 Å². The number of halogens is 1. The molecule has 3 heteroatoms. The van der Waals surface area contributed by atoms with Gasteiger partial charge in [0, 0.05) is 5.33 Å². The third-order valence-corrected chi connectivity index (χ3v) is 3.13. The van der Waals surface area contributed by atoms with Gasteiger partial charge in [-0.15, -0.1) is 0 Å². The molecule has 0 bridgehead atoms. The van der Waals surface area contributed by atoms with E-state index in [0.29, 0.717) is 11.8 Å². The van der Waals surface area contributed by atoms with Crippen molar-refractivity contribution in [2.75, 3.05) is 5.33 Å². The molecular weight excluding hydrogens is 268 g/mol. The second kappa shape index (κ2) is 7.44. The van der Waals surface area contributed by atoms with Crippen LogP contribution in [0.1, 0.15) is 41.6 Å². The Hall–Kier alpha value is -0.830. The first kappa shape index (κ1) is 13.2. The maximum absolute atomic E-state index is 10.6. The largest absolute Gasteiger partial charge is 0.507 e. The van der Waals surface area contributed by atoms with Gasteiger partial charge in [-0.2, -0.15) is 0 Å². The standard InChI is InChI=1S/C13H17BrO2/c14-8-4-2-1-3-5-11-6-7-13(16)12(9-11)10-15/h6-7,9-10,16H,1-5,8H2. The summed E-state index contributed by atoms with van der Waals surface area (Å²) in [6.07, 6.45) is 6.48. The molecular formula is C13H17BrO2. The fraction of sp³-hybridized carbons (Fsp3) is 0.462. The van der Waals surface area contributed by atoms with Gasteiger partial charge in [0.2, 0.25) is 0 Å². The van der Waals surface area contributed by atoms with Crippen LogP contribution in [0, 0.1) is 0 Å². The van der Waals surface area contributed by atoms with Crippen molar-refractivity contribution < 1.29 is 9.90 Å². The SMILES string of the molecule is O=Cc1cc(CCCCCCBr)ccc1O. The van der Waals surface area contributed by atoms with Crippen LogP contribution in [0.2, 0.25) is 0 Å². The molecule has 0 aliphatic carbocycles. The molecule has 1 aromatic carbocycles. The second-order valence-electron chi connectivity index (χ2n) is 3.86. The van der Waals surface area contributed by atoms with Crippen LogP contribution < -0.4 is 0 Å². The average Bonchev–Trinajstić information content (AvgIpc) is 2.31. The van der Waals surface area contributed by atoms with Crippen molar-refractivity contribution in [3.8, 4) is 5.75 Å². The molecule has 0 aliphatic rings. The van der Waals surface area contributed by atoms with Crippen LogP contribution in [-0.2, 0) is 6.42 Å². The lowest BCUT2D eigenvalue weighted by atomic mass is 10.0. The highest BCUT2D eigenvalue weighted by Gasteiger charge is 2.01. The number of unbranched alkanes of at least 4 members (excludes halogenated alkanes) is 3. The molecule has 0 aromatic heterocycles. The number of aldehydes is 1. The molecule has 16 heavy (non-hydrogen) atoms.